The van der Waals surface area contributed by atoms with Gasteiger partial charge in [-0.1, -0.05) is 30.3 Å². The maximum absolute atomic E-state index is 13.4. The Morgan fingerprint density at radius 3 is 2.33 bits per heavy atom. The van der Waals surface area contributed by atoms with Crippen LogP contribution in [0.3, 0.4) is 0 Å². The monoisotopic (exact) mass is 491 g/mol. The van der Waals surface area contributed by atoms with Crippen molar-refractivity contribution in [3.8, 4) is 5.75 Å². The summed E-state index contributed by atoms with van der Waals surface area (Å²) in [6.07, 6.45) is 2.91. The summed E-state index contributed by atoms with van der Waals surface area (Å²) in [6.45, 7) is 11.8. The lowest BCUT2D eigenvalue weighted by molar-refractivity contribution is -0.143. The Bertz CT molecular complexity index is 1100. The Hall–Kier alpha value is -3.16. The molecule has 0 spiro atoms. The van der Waals surface area contributed by atoms with Crippen molar-refractivity contribution in [2.24, 2.45) is 5.92 Å². The number of aromatic hydroxyl groups is 1. The average Bonchev–Trinajstić information content (AvgIpc) is 2.87. The van der Waals surface area contributed by atoms with E-state index in [1.54, 1.807) is 11.0 Å². The zero-order valence-electron chi connectivity index (χ0n) is 21.2. The third-order valence-electron chi connectivity index (χ3n) is 7.63. The number of carbonyl (C=O) groups is 2. The van der Waals surface area contributed by atoms with E-state index in [-0.39, 0.29) is 29.7 Å². The number of carbonyl (C=O) groups excluding carboxylic acids is 1. The molecule has 2 aliphatic heterocycles. The lowest BCUT2D eigenvalue weighted by atomic mass is 9.92. The van der Waals surface area contributed by atoms with Crippen molar-refractivity contribution in [3.63, 3.8) is 0 Å². The molecule has 0 saturated carbocycles. The molecule has 192 valence electrons. The molecule has 0 radical (unpaired) electrons. The minimum absolute atomic E-state index is 0.0624. The van der Waals surface area contributed by atoms with Crippen LogP contribution in [0.4, 0.5) is 0 Å². The predicted molar refractivity (Wildman–Crippen MR) is 140 cm³/mol. The number of piperidine rings is 1. The van der Waals surface area contributed by atoms with Crippen molar-refractivity contribution in [3.05, 3.63) is 77.9 Å². The molecular weight excluding hydrogens is 454 g/mol. The lowest BCUT2D eigenvalue weighted by Gasteiger charge is -2.47. The van der Waals surface area contributed by atoms with Crippen molar-refractivity contribution in [2.45, 2.75) is 44.8 Å². The number of rotatable bonds is 7. The van der Waals surface area contributed by atoms with Gasteiger partial charge in [-0.05, 0) is 62.1 Å². The maximum Gasteiger partial charge on any atom is 0.306 e. The number of carboxylic acids is 1. The van der Waals surface area contributed by atoms with Gasteiger partial charge in [-0.15, -0.1) is 6.58 Å². The summed E-state index contributed by atoms with van der Waals surface area (Å²) in [5.41, 5.74) is 2.60. The number of carboxylic acid groups (broad SMARTS) is 1. The van der Waals surface area contributed by atoms with Crippen molar-refractivity contribution in [2.75, 3.05) is 32.7 Å². The minimum atomic E-state index is -0.783. The number of benzene rings is 2. The number of hydrogen-bond acceptors (Lipinski definition) is 5. The van der Waals surface area contributed by atoms with Gasteiger partial charge in [-0.2, -0.15) is 0 Å². The lowest BCUT2D eigenvalue weighted by Crippen LogP contribution is -2.57. The number of amides is 1. The highest BCUT2D eigenvalue weighted by Gasteiger charge is 2.35. The quantitative estimate of drug-likeness (QED) is 0.570. The van der Waals surface area contributed by atoms with E-state index in [2.05, 4.69) is 36.3 Å². The Labute approximate surface area is 213 Å². The van der Waals surface area contributed by atoms with Gasteiger partial charge in [0.15, 0.2) is 0 Å². The molecule has 1 unspecified atom stereocenters. The summed E-state index contributed by atoms with van der Waals surface area (Å²) in [5, 5.41) is 19.6. The Kier molecular flexibility index (Phi) is 8.11. The number of hydrogen-bond donors (Lipinski definition) is 2. The number of nitrogens with zero attached hydrogens (tertiary/aromatic N) is 3. The molecule has 0 bridgehead atoms. The van der Waals surface area contributed by atoms with E-state index < -0.39 is 5.97 Å². The van der Waals surface area contributed by atoms with Crippen LogP contribution in [0.25, 0.3) is 0 Å². The van der Waals surface area contributed by atoms with Crippen LogP contribution >= 0.6 is 0 Å². The van der Waals surface area contributed by atoms with E-state index in [0.717, 1.165) is 30.8 Å². The van der Waals surface area contributed by atoms with Gasteiger partial charge in [-0.3, -0.25) is 19.4 Å². The Balaban J connectivity index is 1.64. The molecule has 1 amide bonds. The highest BCUT2D eigenvalue weighted by Crippen LogP contribution is 2.35. The van der Waals surface area contributed by atoms with Crippen molar-refractivity contribution in [1.29, 1.82) is 0 Å². The van der Waals surface area contributed by atoms with Crippen LogP contribution in [-0.4, -0.2) is 81.6 Å². The SMILES string of the molecule is C=CCN1C[C@H](C)N(C(c2cccc(O)c2)c2cccc(C(=O)N3CCC(C(=O)O)CC3)c2)C[C@H]1C. The smallest absolute Gasteiger partial charge is 0.306 e. The maximum atomic E-state index is 13.4. The number of aliphatic carboxylic acids is 1. The van der Waals surface area contributed by atoms with Gasteiger partial charge in [0.2, 0.25) is 0 Å². The number of likely N-dealkylation sites (tertiary alicyclic amines) is 1. The molecule has 2 saturated heterocycles. The highest BCUT2D eigenvalue weighted by atomic mass is 16.4. The van der Waals surface area contributed by atoms with Crippen LogP contribution in [0.2, 0.25) is 0 Å². The van der Waals surface area contributed by atoms with Crippen LogP contribution in [-0.2, 0) is 4.79 Å². The van der Waals surface area contributed by atoms with Gasteiger partial charge in [0.25, 0.3) is 5.91 Å². The van der Waals surface area contributed by atoms with E-state index in [4.69, 9.17) is 0 Å². The number of phenolic OH excluding ortho intramolecular Hbond substituents is 1. The molecule has 7 nitrogen and oxygen atoms in total. The van der Waals surface area contributed by atoms with Crippen LogP contribution < -0.4 is 0 Å². The molecule has 3 atom stereocenters. The summed E-state index contributed by atoms with van der Waals surface area (Å²) in [4.78, 5) is 31.3. The third-order valence-corrected chi connectivity index (χ3v) is 7.63. The first-order valence-electron chi connectivity index (χ1n) is 12.8. The number of phenols is 1. The summed E-state index contributed by atoms with van der Waals surface area (Å²) >= 11 is 0. The van der Waals surface area contributed by atoms with E-state index >= 15 is 0 Å². The first kappa shape index (κ1) is 25.9. The molecule has 0 aromatic heterocycles. The molecule has 36 heavy (non-hydrogen) atoms. The van der Waals surface area contributed by atoms with Gasteiger partial charge in [0, 0.05) is 50.4 Å². The van der Waals surface area contributed by atoms with Crippen LogP contribution in [0.15, 0.2) is 61.2 Å². The van der Waals surface area contributed by atoms with Crippen molar-refractivity contribution >= 4 is 11.9 Å². The Morgan fingerprint density at radius 1 is 1.03 bits per heavy atom. The molecular formula is C29H37N3O4. The fourth-order valence-corrected chi connectivity index (χ4v) is 5.63. The average molecular weight is 492 g/mol. The summed E-state index contributed by atoms with van der Waals surface area (Å²) in [5.74, 6) is -1.00. The normalized spacial score (nSPS) is 22.8. The molecule has 2 heterocycles. The van der Waals surface area contributed by atoms with Crippen LogP contribution in [0.1, 0.15) is 54.2 Å². The molecule has 2 N–H and O–H groups in total. The van der Waals surface area contributed by atoms with Gasteiger partial charge < -0.3 is 15.1 Å². The van der Waals surface area contributed by atoms with E-state index in [0.29, 0.717) is 37.5 Å². The van der Waals surface area contributed by atoms with Gasteiger partial charge in [0.1, 0.15) is 5.75 Å². The first-order valence-corrected chi connectivity index (χ1v) is 12.8. The fourth-order valence-electron chi connectivity index (χ4n) is 5.63. The number of piperazine rings is 1. The van der Waals surface area contributed by atoms with Gasteiger partial charge >= 0.3 is 5.97 Å². The van der Waals surface area contributed by atoms with Crippen LogP contribution in [0.5, 0.6) is 5.75 Å². The predicted octanol–water partition coefficient (Wildman–Crippen LogP) is 4.00. The van der Waals surface area contributed by atoms with E-state index in [1.165, 1.54) is 0 Å². The molecule has 2 aliphatic rings. The summed E-state index contributed by atoms with van der Waals surface area (Å²) < 4.78 is 0. The Morgan fingerprint density at radius 2 is 1.69 bits per heavy atom. The first-order chi connectivity index (χ1) is 17.3. The van der Waals surface area contributed by atoms with Crippen molar-refractivity contribution in [1.82, 2.24) is 14.7 Å². The molecule has 7 heteroatoms. The van der Waals surface area contributed by atoms with E-state index in [9.17, 15) is 19.8 Å². The van der Waals surface area contributed by atoms with Gasteiger partial charge in [0.05, 0.1) is 12.0 Å². The molecule has 0 aliphatic carbocycles. The third kappa shape index (κ3) is 5.63. The zero-order valence-corrected chi connectivity index (χ0v) is 21.2. The molecule has 2 aromatic rings. The zero-order chi connectivity index (χ0) is 25.8. The van der Waals surface area contributed by atoms with Crippen LogP contribution in [0, 0.1) is 5.92 Å². The van der Waals surface area contributed by atoms with E-state index in [1.807, 2.05) is 42.5 Å². The van der Waals surface area contributed by atoms with Gasteiger partial charge in [-0.25, -0.2) is 0 Å². The second-order valence-electron chi connectivity index (χ2n) is 10.2. The molecule has 2 fully saturated rings. The minimum Gasteiger partial charge on any atom is -0.508 e. The largest absolute Gasteiger partial charge is 0.508 e. The van der Waals surface area contributed by atoms with Crippen molar-refractivity contribution < 1.29 is 19.8 Å². The topological polar surface area (TPSA) is 84.3 Å². The standard InChI is InChI=1S/C29H37N3O4/c1-4-13-31-18-21(3)32(19-20(31)2)27(24-8-6-10-26(33)17-24)23-7-5-9-25(16-23)28(34)30-14-11-22(12-15-30)29(35)36/h4-10,16-17,20-22,27,33H,1,11-15,18-19H2,2-3H3,(H,35,36)/t20-,21+,27?/m1/s1. The molecule has 2 aromatic carbocycles. The second kappa shape index (κ2) is 11.3. The fraction of sp³-hybridized carbons (Fsp3) is 0.448. The summed E-state index contributed by atoms with van der Waals surface area (Å²) in [6, 6.07) is 15.6. The summed E-state index contributed by atoms with van der Waals surface area (Å²) in [7, 11) is 0. The molecule has 4 rings (SSSR count). The highest BCUT2D eigenvalue weighted by molar-refractivity contribution is 5.94. The second-order valence-corrected chi connectivity index (χ2v) is 10.2.